The largest absolute Gasteiger partial charge is 0.329 e. The van der Waals surface area contributed by atoms with Crippen molar-refractivity contribution in [1.29, 1.82) is 0 Å². The molecule has 0 radical (unpaired) electrons. The molecule has 0 spiro atoms. The zero-order chi connectivity index (χ0) is 11.9. The summed E-state index contributed by atoms with van der Waals surface area (Å²) in [6, 6.07) is 5.92. The van der Waals surface area contributed by atoms with Crippen LogP contribution in [0.1, 0.15) is 5.69 Å². The first-order chi connectivity index (χ1) is 8.40. The Kier molecular flexibility index (Phi) is 4.45. The fourth-order valence-electron chi connectivity index (χ4n) is 1.36. The van der Waals surface area contributed by atoms with Gasteiger partial charge in [0.05, 0.1) is 6.54 Å². The molecule has 0 amide bonds. The van der Waals surface area contributed by atoms with Gasteiger partial charge in [-0.15, -0.1) is 5.10 Å². The second-order valence-electron chi connectivity index (χ2n) is 3.39. The van der Waals surface area contributed by atoms with Crippen molar-refractivity contribution in [2.75, 3.05) is 12.3 Å². The molecule has 0 atom stereocenters. The minimum absolute atomic E-state index is 0.541. The quantitative estimate of drug-likeness (QED) is 0.745. The van der Waals surface area contributed by atoms with Crippen LogP contribution in [0.5, 0.6) is 0 Å². The average Bonchev–Trinajstić information content (AvgIpc) is 2.79. The van der Waals surface area contributed by atoms with Gasteiger partial charge in [0.1, 0.15) is 0 Å². The Balaban J connectivity index is 1.84. The van der Waals surface area contributed by atoms with Gasteiger partial charge in [-0.05, 0) is 29.0 Å². The van der Waals surface area contributed by atoms with Gasteiger partial charge in [0.15, 0.2) is 0 Å². The van der Waals surface area contributed by atoms with Gasteiger partial charge in [0, 0.05) is 24.2 Å². The molecular formula is C10H14N6S. The zero-order valence-corrected chi connectivity index (χ0v) is 10.2. The van der Waals surface area contributed by atoms with Gasteiger partial charge < -0.3 is 5.73 Å². The molecular weight excluding hydrogens is 236 g/mol. The van der Waals surface area contributed by atoms with Crippen LogP contribution >= 0.6 is 11.8 Å². The number of nitrogens with two attached hydrogens (primary N) is 1. The van der Waals surface area contributed by atoms with E-state index in [1.54, 1.807) is 22.6 Å². The summed E-state index contributed by atoms with van der Waals surface area (Å²) in [6.45, 7) is 1.19. The highest BCUT2D eigenvalue weighted by Crippen LogP contribution is 2.14. The highest BCUT2D eigenvalue weighted by molar-refractivity contribution is 7.99. The third kappa shape index (κ3) is 3.50. The number of aryl methyl sites for hydroxylation is 1. The average molecular weight is 250 g/mol. The Morgan fingerprint density at radius 1 is 1.35 bits per heavy atom. The monoisotopic (exact) mass is 250 g/mol. The molecule has 2 aromatic rings. The van der Waals surface area contributed by atoms with E-state index in [2.05, 4.69) is 20.5 Å². The molecule has 7 heteroatoms. The molecule has 0 bridgehead atoms. The fourth-order valence-corrected chi connectivity index (χ4v) is 2.22. The van der Waals surface area contributed by atoms with Crippen LogP contribution < -0.4 is 5.73 Å². The number of hydrogen-bond donors (Lipinski definition) is 1. The highest BCUT2D eigenvalue weighted by Gasteiger charge is 2.05. The zero-order valence-electron chi connectivity index (χ0n) is 9.36. The predicted octanol–water partition coefficient (Wildman–Crippen LogP) is 0.362. The molecule has 0 saturated carbocycles. The summed E-state index contributed by atoms with van der Waals surface area (Å²) in [4.78, 5) is 4.26. The second kappa shape index (κ2) is 6.31. The van der Waals surface area contributed by atoms with Gasteiger partial charge >= 0.3 is 0 Å². The summed E-state index contributed by atoms with van der Waals surface area (Å²) < 4.78 is 1.73. The van der Waals surface area contributed by atoms with Crippen molar-refractivity contribution in [2.24, 2.45) is 5.73 Å². The van der Waals surface area contributed by atoms with E-state index in [4.69, 9.17) is 5.73 Å². The van der Waals surface area contributed by atoms with Gasteiger partial charge in [0.2, 0.25) is 5.16 Å². The van der Waals surface area contributed by atoms with Gasteiger partial charge in [-0.1, -0.05) is 17.8 Å². The molecule has 17 heavy (non-hydrogen) atoms. The summed E-state index contributed by atoms with van der Waals surface area (Å²) in [7, 11) is 0. The van der Waals surface area contributed by atoms with Crippen molar-refractivity contribution in [3.63, 3.8) is 0 Å². The number of aromatic nitrogens is 5. The first kappa shape index (κ1) is 12.0. The molecule has 2 heterocycles. The molecule has 90 valence electrons. The molecule has 0 aliphatic heterocycles. The minimum Gasteiger partial charge on any atom is -0.329 e. The van der Waals surface area contributed by atoms with Crippen LogP contribution in [0.4, 0.5) is 0 Å². The normalized spacial score (nSPS) is 10.6. The Labute approximate surface area is 104 Å². The molecule has 6 nitrogen and oxygen atoms in total. The van der Waals surface area contributed by atoms with Gasteiger partial charge in [-0.25, -0.2) is 4.68 Å². The van der Waals surface area contributed by atoms with E-state index in [0.717, 1.165) is 23.0 Å². The van der Waals surface area contributed by atoms with Gasteiger partial charge in [-0.3, -0.25) is 4.98 Å². The summed E-state index contributed by atoms with van der Waals surface area (Å²) >= 11 is 1.62. The van der Waals surface area contributed by atoms with Crippen LogP contribution in [-0.2, 0) is 13.0 Å². The maximum Gasteiger partial charge on any atom is 0.209 e. The van der Waals surface area contributed by atoms with Crippen molar-refractivity contribution in [3.05, 3.63) is 30.1 Å². The van der Waals surface area contributed by atoms with Gasteiger partial charge in [-0.2, -0.15) is 0 Å². The molecule has 0 unspecified atom stereocenters. The Bertz CT molecular complexity index is 443. The van der Waals surface area contributed by atoms with E-state index in [0.29, 0.717) is 13.1 Å². The van der Waals surface area contributed by atoms with Crippen molar-refractivity contribution in [1.82, 2.24) is 25.2 Å². The molecule has 2 aromatic heterocycles. The van der Waals surface area contributed by atoms with Crippen molar-refractivity contribution >= 4 is 11.8 Å². The molecule has 0 aliphatic carbocycles. The van der Waals surface area contributed by atoms with E-state index < -0.39 is 0 Å². The van der Waals surface area contributed by atoms with Crippen LogP contribution in [-0.4, -0.2) is 37.5 Å². The van der Waals surface area contributed by atoms with Crippen LogP contribution in [0.15, 0.2) is 29.6 Å². The number of thioether (sulfide) groups is 1. The predicted molar refractivity (Wildman–Crippen MR) is 65.5 cm³/mol. The number of rotatable bonds is 6. The number of hydrogen-bond acceptors (Lipinski definition) is 6. The van der Waals surface area contributed by atoms with Crippen molar-refractivity contribution in [3.8, 4) is 0 Å². The van der Waals surface area contributed by atoms with Crippen LogP contribution in [0, 0.1) is 0 Å². The maximum absolute atomic E-state index is 5.47. The van der Waals surface area contributed by atoms with E-state index in [1.807, 2.05) is 18.2 Å². The van der Waals surface area contributed by atoms with Crippen molar-refractivity contribution < 1.29 is 0 Å². The van der Waals surface area contributed by atoms with Gasteiger partial charge in [0.25, 0.3) is 0 Å². The number of pyridine rings is 1. The number of tetrazole rings is 1. The fraction of sp³-hybridized carbons (Fsp3) is 0.400. The Hall–Kier alpha value is -1.47. The second-order valence-corrected chi connectivity index (χ2v) is 4.45. The molecule has 2 N–H and O–H groups in total. The van der Waals surface area contributed by atoms with Crippen LogP contribution in [0.3, 0.4) is 0 Å². The lowest BCUT2D eigenvalue weighted by atomic mass is 10.3. The molecule has 0 fully saturated rings. The third-order valence-electron chi connectivity index (χ3n) is 2.16. The third-order valence-corrected chi connectivity index (χ3v) is 3.11. The summed E-state index contributed by atoms with van der Waals surface area (Å²) in [6.07, 6.45) is 2.71. The molecule has 0 saturated heterocycles. The lowest BCUT2D eigenvalue weighted by Crippen LogP contribution is -2.12. The Morgan fingerprint density at radius 3 is 3.06 bits per heavy atom. The standard InChI is InChI=1S/C10H14N6S/c11-5-7-16-10(13-14-15-16)17-8-4-9-3-1-2-6-12-9/h1-3,6H,4-5,7-8,11H2. The molecule has 2 rings (SSSR count). The van der Waals surface area contributed by atoms with Crippen LogP contribution in [0.2, 0.25) is 0 Å². The SMILES string of the molecule is NCCn1nnnc1SCCc1ccccn1. The summed E-state index contributed by atoms with van der Waals surface area (Å²) in [5.74, 6) is 0.905. The van der Waals surface area contributed by atoms with E-state index in [-0.39, 0.29) is 0 Å². The molecule has 0 aliphatic rings. The maximum atomic E-state index is 5.47. The van der Waals surface area contributed by atoms with E-state index in [1.165, 1.54) is 0 Å². The first-order valence-electron chi connectivity index (χ1n) is 5.39. The smallest absolute Gasteiger partial charge is 0.209 e. The van der Waals surface area contributed by atoms with E-state index in [9.17, 15) is 0 Å². The van der Waals surface area contributed by atoms with Crippen molar-refractivity contribution in [2.45, 2.75) is 18.1 Å². The lowest BCUT2D eigenvalue weighted by molar-refractivity contribution is 0.557. The summed E-state index contributed by atoms with van der Waals surface area (Å²) in [5, 5.41) is 12.3. The number of nitrogens with zero attached hydrogens (tertiary/aromatic N) is 5. The first-order valence-corrected chi connectivity index (χ1v) is 6.37. The minimum atomic E-state index is 0.541. The highest BCUT2D eigenvalue weighted by atomic mass is 32.2. The molecule has 0 aromatic carbocycles. The topological polar surface area (TPSA) is 82.5 Å². The lowest BCUT2D eigenvalue weighted by Gasteiger charge is -2.02. The Morgan fingerprint density at radius 2 is 2.29 bits per heavy atom. The van der Waals surface area contributed by atoms with E-state index >= 15 is 0 Å². The van der Waals surface area contributed by atoms with Crippen LogP contribution in [0.25, 0.3) is 0 Å². The summed E-state index contributed by atoms with van der Waals surface area (Å²) in [5.41, 5.74) is 6.55.